The van der Waals surface area contributed by atoms with Gasteiger partial charge >= 0.3 is 0 Å². The number of aliphatic hydroxyl groups is 1. The average Bonchev–Trinajstić information content (AvgIpc) is 2.51. The third kappa shape index (κ3) is 2.70. The number of benzene rings is 1. The summed E-state index contributed by atoms with van der Waals surface area (Å²) in [5.74, 6) is 0. The molecule has 0 aliphatic rings. The third-order valence-corrected chi connectivity index (χ3v) is 4.29. The second-order valence-electron chi connectivity index (χ2n) is 5.32. The molecule has 1 heterocycles. The monoisotopic (exact) mass is 273 g/mol. The minimum atomic E-state index is -0.0809. The molecule has 2 rings (SSSR count). The van der Waals surface area contributed by atoms with Gasteiger partial charge in [0.1, 0.15) is 0 Å². The molecule has 0 aliphatic heterocycles. The predicted octanol–water partition coefficient (Wildman–Crippen LogP) is 3.03. The first-order valence-corrected chi connectivity index (χ1v) is 7.13. The van der Waals surface area contributed by atoms with E-state index in [1.54, 1.807) is 6.20 Å². The fourth-order valence-electron chi connectivity index (χ4n) is 2.40. The lowest BCUT2D eigenvalue weighted by atomic mass is 9.83. The Labute approximate surface area is 120 Å². The van der Waals surface area contributed by atoms with Crippen LogP contribution >= 0.6 is 0 Å². The van der Waals surface area contributed by atoms with E-state index in [9.17, 15) is 5.11 Å². The van der Waals surface area contributed by atoms with Crippen molar-refractivity contribution in [2.24, 2.45) is 5.41 Å². The first-order chi connectivity index (χ1) is 9.65. The summed E-state index contributed by atoms with van der Waals surface area (Å²) in [6.45, 7) is 5.14. The second-order valence-corrected chi connectivity index (χ2v) is 5.32. The van der Waals surface area contributed by atoms with Crippen LogP contribution in [0, 0.1) is 5.41 Å². The summed E-state index contributed by atoms with van der Waals surface area (Å²) >= 11 is 0. The molecule has 1 aromatic carbocycles. The van der Waals surface area contributed by atoms with Crippen LogP contribution < -0.4 is 11.1 Å². The Morgan fingerprint density at radius 3 is 2.65 bits per heavy atom. The Morgan fingerprint density at radius 1 is 1.25 bits per heavy atom. The molecule has 0 spiro atoms. The number of hydrogen-bond donors (Lipinski definition) is 3. The van der Waals surface area contributed by atoms with Crippen molar-refractivity contribution in [1.82, 2.24) is 4.98 Å². The summed E-state index contributed by atoms with van der Waals surface area (Å²) in [7, 11) is 0. The standard InChI is InChI=1S/C16H23N3O/c1-3-16(4-2,11-20)10-19-14-8-7-13(17)12-6-5-9-18-15(12)14/h5-9,19-20H,3-4,10-11,17H2,1-2H3. The zero-order chi connectivity index (χ0) is 14.6. The SMILES string of the molecule is CCC(CC)(CO)CNc1ccc(N)c2cccnc12. The largest absolute Gasteiger partial charge is 0.398 e. The minimum absolute atomic E-state index is 0.0809. The summed E-state index contributed by atoms with van der Waals surface area (Å²) < 4.78 is 0. The molecule has 0 atom stereocenters. The van der Waals surface area contributed by atoms with E-state index >= 15 is 0 Å². The normalized spacial score (nSPS) is 11.8. The Bertz CT molecular complexity index is 571. The van der Waals surface area contributed by atoms with Gasteiger partial charge in [0.15, 0.2) is 0 Å². The zero-order valence-corrected chi connectivity index (χ0v) is 12.2. The van der Waals surface area contributed by atoms with Gasteiger partial charge in [0.2, 0.25) is 0 Å². The fourth-order valence-corrected chi connectivity index (χ4v) is 2.40. The number of nitrogen functional groups attached to an aromatic ring is 1. The summed E-state index contributed by atoms with van der Waals surface area (Å²) in [6, 6.07) is 7.71. The fraction of sp³-hybridized carbons (Fsp3) is 0.438. The topological polar surface area (TPSA) is 71.2 Å². The van der Waals surface area contributed by atoms with Crippen LogP contribution in [0.4, 0.5) is 11.4 Å². The van der Waals surface area contributed by atoms with E-state index in [1.165, 1.54) is 0 Å². The second kappa shape index (κ2) is 6.09. The number of nitrogens with zero attached hydrogens (tertiary/aromatic N) is 1. The van der Waals surface area contributed by atoms with Gasteiger partial charge in [-0.15, -0.1) is 0 Å². The molecule has 0 aliphatic carbocycles. The molecular weight excluding hydrogens is 250 g/mol. The van der Waals surface area contributed by atoms with E-state index in [-0.39, 0.29) is 12.0 Å². The maximum atomic E-state index is 9.64. The zero-order valence-electron chi connectivity index (χ0n) is 12.2. The van der Waals surface area contributed by atoms with Crippen LogP contribution in [0.5, 0.6) is 0 Å². The molecule has 1 aromatic heterocycles. The summed E-state index contributed by atoms with van der Waals surface area (Å²) in [4.78, 5) is 4.42. The van der Waals surface area contributed by atoms with Gasteiger partial charge in [0.25, 0.3) is 0 Å². The van der Waals surface area contributed by atoms with Gasteiger partial charge in [0, 0.05) is 29.2 Å². The molecule has 0 unspecified atom stereocenters. The Hall–Kier alpha value is -1.81. The van der Waals surface area contributed by atoms with Crippen LogP contribution in [0.25, 0.3) is 10.9 Å². The van der Waals surface area contributed by atoms with Crippen LogP contribution in [0.2, 0.25) is 0 Å². The van der Waals surface area contributed by atoms with Crippen molar-refractivity contribution in [3.8, 4) is 0 Å². The van der Waals surface area contributed by atoms with Crippen molar-refractivity contribution in [2.75, 3.05) is 24.2 Å². The first-order valence-electron chi connectivity index (χ1n) is 7.13. The smallest absolute Gasteiger partial charge is 0.0953 e. The van der Waals surface area contributed by atoms with Gasteiger partial charge in [-0.3, -0.25) is 4.98 Å². The van der Waals surface area contributed by atoms with Crippen molar-refractivity contribution in [1.29, 1.82) is 0 Å². The number of nitrogens with two attached hydrogens (primary N) is 1. The van der Waals surface area contributed by atoms with Crippen molar-refractivity contribution < 1.29 is 5.11 Å². The lowest BCUT2D eigenvalue weighted by molar-refractivity contribution is 0.127. The Balaban J connectivity index is 2.29. The molecule has 4 heteroatoms. The highest BCUT2D eigenvalue weighted by Gasteiger charge is 2.25. The molecule has 0 amide bonds. The Kier molecular flexibility index (Phi) is 4.45. The number of nitrogens with one attached hydrogen (secondary N) is 1. The van der Waals surface area contributed by atoms with Gasteiger partial charge in [-0.2, -0.15) is 0 Å². The number of fused-ring (bicyclic) bond motifs is 1. The number of rotatable bonds is 6. The van der Waals surface area contributed by atoms with Crippen LogP contribution in [-0.2, 0) is 0 Å². The van der Waals surface area contributed by atoms with Gasteiger partial charge in [-0.1, -0.05) is 13.8 Å². The molecule has 4 N–H and O–H groups in total. The number of aromatic nitrogens is 1. The van der Waals surface area contributed by atoms with Crippen molar-refractivity contribution in [2.45, 2.75) is 26.7 Å². The predicted molar refractivity (Wildman–Crippen MR) is 84.7 cm³/mol. The maximum absolute atomic E-state index is 9.64. The summed E-state index contributed by atoms with van der Waals surface area (Å²) in [5.41, 5.74) is 8.48. The molecular formula is C16H23N3O. The molecule has 0 fully saturated rings. The highest BCUT2D eigenvalue weighted by atomic mass is 16.3. The molecule has 2 aromatic rings. The molecule has 4 nitrogen and oxygen atoms in total. The number of pyridine rings is 1. The quantitative estimate of drug-likeness (QED) is 0.707. The van der Waals surface area contributed by atoms with Gasteiger partial charge < -0.3 is 16.2 Å². The number of anilines is 2. The molecule has 108 valence electrons. The van der Waals surface area contributed by atoms with E-state index in [1.807, 2.05) is 24.3 Å². The van der Waals surface area contributed by atoms with E-state index in [0.29, 0.717) is 0 Å². The van der Waals surface area contributed by atoms with Crippen LogP contribution in [-0.4, -0.2) is 23.2 Å². The van der Waals surface area contributed by atoms with Crippen molar-refractivity contribution in [3.05, 3.63) is 30.5 Å². The number of aliphatic hydroxyl groups excluding tert-OH is 1. The highest BCUT2D eigenvalue weighted by Crippen LogP contribution is 2.30. The van der Waals surface area contributed by atoms with Crippen molar-refractivity contribution in [3.63, 3.8) is 0 Å². The van der Waals surface area contributed by atoms with E-state index in [2.05, 4.69) is 24.1 Å². The van der Waals surface area contributed by atoms with Gasteiger partial charge in [-0.25, -0.2) is 0 Å². The van der Waals surface area contributed by atoms with Crippen molar-refractivity contribution >= 4 is 22.3 Å². The molecule has 0 radical (unpaired) electrons. The van der Waals surface area contributed by atoms with E-state index in [0.717, 1.165) is 41.7 Å². The average molecular weight is 273 g/mol. The molecule has 20 heavy (non-hydrogen) atoms. The summed E-state index contributed by atoms with van der Waals surface area (Å²) in [5, 5.41) is 14.0. The van der Waals surface area contributed by atoms with Crippen LogP contribution in [0.1, 0.15) is 26.7 Å². The molecule has 0 saturated heterocycles. The Morgan fingerprint density at radius 2 is 2.00 bits per heavy atom. The first kappa shape index (κ1) is 14.6. The van der Waals surface area contributed by atoms with Gasteiger partial charge in [0.05, 0.1) is 17.8 Å². The lowest BCUT2D eigenvalue weighted by Crippen LogP contribution is -2.32. The number of hydrogen-bond acceptors (Lipinski definition) is 4. The maximum Gasteiger partial charge on any atom is 0.0953 e. The summed E-state index contributed by atoms with van der Waals surface area (Å²) in [6.07, 6.45) is 3.65. The van der Waals surface area contributed by atoms with Gasteiger partial charge in [-0.05, 0) is 37.1 Å². The third-order valence-electron chi connectivity index (χ3n) is 4.29. The van der Waals surface area contributed by atoms with Crippen LogP contribution in [0.3, 0.4) is 0 Å². The molecule has 0 bridgehead atoms. The molecule has 0 saturated carbocycles. The minimum Gasteiger partial charge on any atom is -0.398 e. The van der Waals surface area contributed by atoms with E-state index in [4.69, 9.17) is 5.73 Å². The van der Waals surface area contributed by atoms with Crippen LogP contribution in [0.15, 0.2) is 30.5 Å². The lowest BCUT2D eigenvalue weighted by Gasteiger charge is -2.30. The highest BCUT2D eigenvalue weighted by molar-refractivity contribution is 5.98. The van der Waals surface area contributed by atoms with E-state index < -0.39 is 0 Å².